The molecule has 0 aliphatic heterocycles. The average Bonchev–Trinajstić information content (AvgIpc) is 2.33. The van der Waals surface area contributed by atoms with Crippen molar-refractivity contribution in [1.82, 2.24) is 0 Å². The fraction of sp³-hybridized carbons (Fsp3) is 0. The third-order valence-corrected chi connectivity index (χ3v) is 2.95. The highest BCUT2D eigenvalue weighted by Gasteiger charge is 2.08. The lowest BCUT2D eigenvalue weighted by molar-refractivity contribution is 0.102. The maximum atomic E-state index is 13.3. The molecule has 0 aliphatic rings. The molecule has 0 aromatic heterocycles. The van der Waals surface area contributed by atoms with Crippen LogP contribution in [0.3, 0.4) is 0 Å². The zero-order valence-corrected chi connectivity index (χ0v) is 10.9. The number of halogens is 2. The second-order valence-electron chi connectivity index (χ2n) is 3.44. The molecule has 2 aromatic carbocycles. The largest absolute Gasteiger partial charge is 0.319 e. The van der Waals surface area contributed by atoms with Gasteiger partial charge in [0.15, 0.2) is 0 Å². The summed E-state index contributed by atoms with van der Waals surface area (Å²) in [4.78, 5) is 11.8. The minimum atomic E-state index is -0.439. The van der Waals surface area contributed by atoms with Crippen molar-refractivity contribution in [3.05, 3.63) is 63.5 Å². The molecule has 1 N–H and O–H groups in total. The number of rotatable bonds is 2. The van der Waals surface area contributed by atoms with Gasteiger partial charge in [-0.3, -0.25) is 4.79 Å². The summed E-state index contributed by atoms with van der Waals surface area (Å²) in [5, 5.41) is 2.53. The van der Waals surface area contributed by atoms with Crippen molar-refractivity contribution in [3.63, 3.8) is 0 Å². The first-order valence-corrected chi connectivity index (χ1v) is 6.06. The van der Waals surface area contributed by atoms with Crippen molar-refractivity contribution in [3.8, 4) is 0 Å². The Morgan fingerprint density at radius 1 is 1.06 bits per heavy atom. The van der Waals surface area contributed by atoms with Crippen LogP contribution in [0.5, 0.6) is 0 Å². The molecule has 0 unspecified atom stereocenters. The maximum absolute atomic E-state index is 13.3. The number of para-hydroxylation sites is 1. The smallest absolute Gasteiger partial charge is 0.255 e. The van der Waals surface area contributed by atoms with Gasteiger partial charge in [-0.15, -0.1) is 0 Å². The van der Waals surface area contributed by atoms with Crippen LogP contribution >= 0.6 is 22.6 Å². The summed E-state index contributed by atoms with van der Waals surface area (Å²) in [6.45, 7) is 0. The Balaban J connectivity index is 2.17. The molecule has 0 atom stereocenters. The summed E-state index contributed by atoms with van der Waals surface area (Å²) >= 11 is 2.16. The van der Waals surface area contributed by atoms with E-state index in [2.05, 4.69) is 27.9 Å². The lowest BCUT2D eigenvalue weighted by Crippen LogP contribution is -2.12. The van der Waals surface area contributed by atoms with Crippen LogP contribution in [-0.2, 0) is 0 Å². The van der Waals surface area contributed by atoms with E-state index in [1.807, 2.05) is 12.1 Å². The Morgan fingerprint density at radius 3 is 2.35 bits per heavy atom. The number of hydrogen-bond donors (Lipinski definition) is 1. The van der Waals surface area contributed by atoms with E-state index in [4.69, 9.17) is 0 Å². The van der Waals surface area contributed by atoms with Gasteiger partial charge in [-0.1, -0.05) is 12.1 Å². The number of benzene rings is 2. The molecule has 17 heavy (non-hydrogen) atoms. The predicted octanol–water partition coefficient (Wildman–Crippen LogP) is 3.68. The van der Waals surface area contributed by atoms with Gasteiger partial charge in [-0.2, -0.15) is 0 Å². The lowest BCUT2D eigenvalue weighted by atomic mass is 10.2. The van der Waals surface area contributed by atoms with Crippen molar-refractivity contribution >= 4 is 34.2 Å². The monoisotopic (exact) mass is 341 g/mol. The van der Waals surface area contributed by atoms with Gasteiger partial charge in [0.25, 0.3) is 5.91 Å². The Bertz CT molecular complexity index is 539. The molecule has 86 valence electrons. The van der Waals surface area contributed by atoms with Crippen molar-refractivity contribution in [2.75, 3.05) is 5.32 Å². The molecule has 2 aromatic rings. The lowest BCUT2D eigenvalue weighted by Gasteiger charge is -2.06. The second-order valence-corrected chi connectivity index (χ2v) is 4.69. The molecule has 0 fully saturated rings. The van der Waals surface area contributed by atoms with E-state index in [9.17, 15) is 9.18 Å². The standard InChI is InChI=1S/C13H9FINO/c14-11-3-1-2-4-12(11)16-13(17)9-5-7-10(15)8-6-9/h1-8H,(H,16,17). The Morgan fingerprint density at radius 2 is 1.71 bits per heavy atom. The van der Waals surface area contributed by atoms with Gasteiger partial charge in [-0.25, -0.2) is 4.39 Å². The quantitative estimate of drug-likeness (QED) is 0.830. The summed E-state index contributed by atoms with van der Waals surface area (Å²) in [6.07, 6.45) is 0. The van der Waals surface area contributed by atoms with Crippen LogP contribution in [0.15, 0.2) is 48.5 Å². The molecule has 0 saturated carbocycles. The highest BCUT2D eigenvalue weighted by atomic mass is 127. The molecule has 0 spiro atoms. The normalized spacial score (nSPS) is 10.0. The molecule has 0 radical (unpaired) electrons. The minimum absolute atomic E-state index is 0.191. The average molecular weight is 341 g/mol. The SMILES string of the molecule is O=C(Nc1ccccc1F)c1ccc(I)cc1. The predicted molar refractivity (Wildman–Crippen MR) is 73.5 cm³/mol. The van der Waals surface area contributed by atoms with Crippen LogP contribution in [0.1, 0.15) is 10.4 Å². The fourth-order valence-electron chi connectivity index (χ4n) is 1.36. The van der Waals surface area contributed by atoms with Crippen LogP contribution < -0.4 is 5.32 Å². The van der Waals surface area contributed by atoms with Gasteiger partial charge in [0, 0.05) is 9.13 Å². The van der Waals surface area contributed by atoms with E-state index in [-0.39, 0.29) is 11.6 Å². The van der Waals surface area contributed by atoms with Crippen molar-refractivity contribution in [2.24, 2.45) is 0 Å². The van der Waals surface area contributed by atoms with Crippen LogP contribution in [0, 0.1) is 9.39 Å². The molecule has 0 heterocycles. The first-order valence-electron chi connectivity index (χ1n) is 4.98. The van der Waals surface area contributed by atoms with Gasteiger partial charge in [0.1, 0.15) is 5.82 Å². The number of amides is 1. The molecule has 1 amide bonds. The van der Waals surface area contributed by atoms with Gasteiger partial charge in [0.2, 0.25) is 0 Å². The molecule has 0 aliphatic carbocycles. The number of carbonyl (C=O) groups excluding carboxylic acids is 1. The summed E-state index contributed by atoms with van der Waals surface area (Å²) in [5.74, 6) is -0.752. The van der Waals surface area contributed by atoms with E-state index in [0.717, 1.165) is 3.57 Å². The van der Waals surface area contributed by atoms with Crippen LogP contribution in [0.4, 0.5) is 10.1 Å². The highest BCUT2D eigenvalue weighted by molar-refractivity contribution is 14.1. The topological polar surface area (TPSA) is 29.1 Å². The summed E-state index contributed by atoms with van der Waals surface area (Å²) in [6, 6.07) is 13.2. The molecule has 0 bridgehead atoms. The Kier molecular flexibility index (Phi) is 3.73. The zero-order valence-electron chi connectivity index (χ0n) is 8.78. The minimum Gasteiger partial charge on any atom is -0.319 e. The van der Waals surface area contributed by atoms with Gasteiger partial charge in [0.05, 0.1) is 5.69 Å². The van der Waals surface area contributed by atoms with Gasteiger partial charge >= 0.3 is 0 Å². The molecule has 2 nitrogen and oxygen atoms in total. The number of carbonyl (C=O) groups is 1. The number of anilines is 1. The molecule has 0 saturated heterocycles. The van der Waals surface area contributed by atoms with Crippen molar-refractivity contribution in [2.45, 2.75) is 0 Å². The second kappa shape index (κ2) is 5.27. The van der Waals surface area contributed by atoms with E-state index in [1.54, 1.807) is 24.3 Å². The first-order chi connectivity index (χ1) is 8.16. The van der Waals surface area contributed by atoms with E-state index >= 15 is 0 Å². The van der Waals surface area contributed by atoms with Crippen LogP contribution in [0.2, 0.25) is 0 Å². The molecular formula is C13H9FINO. The van der Waals surface area contributed by atoms with Gasteiger partial charge < -0.3 is 5.32 Å². The molecule has 4 heteroatoms. The zero-order chi connectivity index (χ0) is 12.3. The van der Waals surface area contributed by atoms with Crippen molar-refractivity contribution in [1.29, 1.82) is 0 Å². The Labute approximate surface area is 112 Å². The first kappa shape index (κ1) is 12.0. The molecular weight excluding hydrogens is 332 g/mol. The fourth-order valence-corrected chi connectivity index (χ4v) is 1.72. The number of nitrogens with one attached hydrogen (secondary N) is 1. The van der Waals surface area contributed by atoms with Gasteiger partial charge in [-0.05, 0) is 59.0 Å². The molecule has 2 rings (SSSR count). The summed E-state index contributed by atoms with van der Waals surface area (Å²) < 4.78 is 14.4. The van der Waals surface area contributed by atoms with Crippen LogP contribution in [0.25, 0.3) is 0 Å². The van der Waals surface area contributed by atoms with E-state index in [1.165, 1.54) is 12.1 Å². The summed E-state index contributed by atoms with van der Waals surface area (Å²) in [5.41, 5.74) is 0.699. The van der Waals surface area contributed by atoms with E-state index < -0.39 is 5.82 Å². The van der Waals surface area contributed by atoms with E-state index in [0.29, 0.717) is 5.56 Å². The van der Waals surface area contributed by atoms with Crippen LogP contribution in [-0.4, -0.2) is 5.91 Å². The Hall–Kier alpha value is -1.43. The third kappa shape index (κ3) is 3.03. The maximum Gasteiger partial charge on any atom is 0.255 e. The summed E-state index contributed by atoms with van der Waals surface area (Å²) in [7, 11) is 0. The van der Waals surface area contributed by atoms with Crippen molar-refractivity contribution < 1.29 is 9.18 Å². The number of hydrogen-bond acceptors (Lipinski definition) is 1. The third-order valence-electron chi connectivity index (χ3n) is 2.23. The highest BCUT2D eigenvalue weighted by Crippen LogP contribution is 2.14.